The van der Waals surface area contributed by atoms with Crippen molar-refractivity contribution in [2.45, 2.75) is 121 Å². The molecule has 0 heterocycles. The van der Waals surface area contributed by atoms with Gasteiger partial charge in [0.25, 0.3) is 0 Å². The molecule has 5 heteroatoms. The predicted molar refractivity (Wildman–Crippen MR) is 198 cm³/mol. The van der Waals surface area contributed by atoms with Crippen LogP contribution >= 0.6 is 0 Å². The second-order valence-corrected chi connectivity index (χ2v) is 15.5. The third-order valence-electron chi connectivity index (χ3n) is 10.7. The number of carbonyl (C=O) groups is 3. The minimum Gasteiger partial charge on any atom is -0.508 e. The normalized spacial score (nSPS) is 26.5. The number of ketones is 3. The lowest BCUT2D eigenvalue weighted by Crippen LogP contribution is -2.70. The van der Waals surface area contributed by atoms with Crippen LogP contribution < -0.4 is 0 Å². The number of aliphatic hydroxyl groups excluding tert-OH is 1. The van der Waals surface area contributed by atoms with Crippen molar-refractivity contribution in [2.24, 2.45) is 22.2 Å². The summed E-state index contributed by atoms with van der Waals surface area (Å²) in [7, 11) is 0. The Labute approximate surface area is 289 Å². The van der Waals surface area contributed by atoms with E-state index in [0.717, 1.165) is 29.6 Å². The fraction of sp³-hybridized carbons (Fsp3) is 0.512. The first-order valence-electron chi connectivity index (χ1n) is 17.5. The van der Waals surface area contributed by atoms with E-state index in [9.17, 15) is 15.0 Å². The van der Waals surface area contributed by atoms with Crippen LogP contribution in [0.2, 0.25) is 0 Å². The number of carbonyl (C=O) groups excluding carboxylic acids is 3. The summed E-state index contributed by atoms with van der Waals surface area (Å²) in [5.74, 6) is -2.23. The molecule has 1 aromatic carbocycles. The van der Waals surface area contributed by atoms with Gasteiger partial charge in [0.05, 0.1) is 5.41 Å². The van der Waals surface area contributed by atoms with E-state index in [1.807, 2.05) is 53.7 Å². The number of aliphatic hydroxyl groups is 1. The first-order valence-corrected chi connectivity index (χ1v) is 17.5. The van der Waals surface area contributed by atoms with Gasteiger partial charge in [0.1, 0.15) is 22.5 Å². The van der Waals surface area contributed by atoms with Gasteiger partial charge >= 0.3 is 0 Å². The molecule has 2 fully saturated rings. The van der Waals surface area contributed by atoms with Crippen LogP contribution in [0, 0.1) is 22.2 Å². The Bertz CT molecular complexity index is 1590. The third kappa shape index (κ3) is 7.77. The summed E-state index contributed by atoms with van der Waals surface area (Å²) in [4.78, 5) is 45.5. The van der Waals surface area contributed by atoms with Crippen molar-refractivity contribution in [2.75, 3.05) is 0 Å². The van der Waals surface area contributed by atoms with Crippen molar-refractivity contribution in [3.05, 3.63) is 93.6 Å². The van der Waals surface area contributed by atoms with E-state index in [1.165, 1.54) is 23.3 Å². The van der Waals surface area contributed by atoms with Crippen molar-refractivity contribution >= 4 is 23.1 Å². The number of aromatic hydroxyl groups is 1. The molecule has 5 nitrogen and oxygen atoms in total. The van der Waals surface area contributed by atoms with Gasteiger partial charge in [-0.1, -0.05) is 77.3 Å². The Morgan fingerprint density at radius 1 is 0.792 bits per heavy atom. The SMILES string of the molecule is CC(C)=CCC/C(C)=C/C[C@@H]1C[C@@]2(CC=C(C)C)C(=O)/C(=C(\O)c3cccc(O)c3)C(=O)[C@@](CC=C(C)C)(C2=O)[C@@]1(C)CCC=C(C)C. The maximum atomic E-state index is 15.4. The van der Waals surface area contributed by atoms with Crippen LogP contribution in [0.4, 0.5) is 0 Å². The van der Waals surface area contributed by atoms with E-state index in [1.54, 1.807) is 12.1 Å². The van der Waals surface area contributed by atoms with E-state index >= 15 is 9.59 Å². The van der Waals surface area contributed by atoms with E-state index < -0.39 is 33.6 Å². The Hall–Kier alpha value is -3.73. The molecule has 260 valence electrons. The molecule has 0 aliphatic heterocycles. The number of allylic oxidation sites excluding steroid dienone is 11. The first kappa shape index (κ1) is 38.7. The highest BCUT2D eigenvalue weighted by Crippen LogP contribution is 2.67. The van der Waals surface area contributed by atoms with Crippen LogP contribution in [0.25, 0.3) is 5.76 Å². The molecule has 1 aromatic rings. The highest BCUT2D eigenvalue weighted by Gasteiger charge is 2.74. The van der Waals surface area contributed by atoms with Gasteiger partial charge in [0.2, 0.25) is 0 Å². The number of fused-ring (bicyclic) bond motifs is 2. The van der Waals surface area contributed by atoms with Gasteiger partial charge in [0, 0.05) is 5.56 Å². The van der Waals surface area contributed by atoms with Crippen LogP contribution in [0.15, 0.2) is 88.1 Å². The van der Waals surface area contributed by atoms with Crippen LogP contribution in [-0.2, 0) is 14.4 Å². The summed E-state index contributed by atoms with van der Waals surface area (Å²) in [6.45, 7) is 20.3. The molecule has 0 unspecified atom stereocenters. The molecule has 2 bridgehead atoms. The molecule has 2 aliphatic rings. The highest BCUT2D eigenvalue weighted by molar-refractivity contribution is 6.41. The van der Waals surface area contributed by atoms with Gasteiger partial charge in [-0.15, -0.1) is 0 Å². The molecule has 2 saturated carbocycles. The number of Topliss-reactive ketones (excluding diaryl/α,β-unsaturated/α-hetero) is 3. The zero-order valence-electron chi connectivity index (χ0n) is 31.0. The molecule has 0 saturated heterocycles. The van der Waals surface area contributed by atoms with E-state index in [2.05, 4.69) is 45.9 Å². The molecular formula is C43H58O5. The third-order valence-corrected chi connectivity index (χ3v) is 10.7. The Morgan fingerprint density at radius 3 is 1.96 bits per heavy atom. The zero-order valence-corrected chi connectivity index (χ0v) is 31.0. The largest absolute Gasteiger partial charge is 0.508 e. The predicted octanol–water partition coefficient (Wildman–Crippen LogP) is 10.9. The number of hydrogen-bond acceptors (Lipinski definition) is 5. The van der Waals surface area contributed by atoms with Crippen molar-refractivity contribution in [1.82, 2.24) is 0 Å². The summed E-state index contributed by atoms with van der Waals surface area (Å²) in [5, 5.41) is 22.0. The number of phenolic OH excluding ortho intramolecular Hbond substituents is 1. The van der Waals surface area contributed by atoms with Gasteiger partial charge in [-0.25, -0.2) is 0 Å². The molecule has 0 aromatic heterocycles. The van der Waals surface area contributed by atoms with Crippen molar-refractivity contribution < 1.29 is 24.6 Å². The minimum absolute atomic E-state index is 0.0940. The second kappa shape index (κ2) is 15.7. The summed E-state index contributed by atoms with van der Waals surface area (Å²) in [6.07, 6.45) is 14.9. The lowest BCUT2D eigenvalue weighted by molar-refractivity contribution is -0.178. The highest BCUT2D eigenvalue weighted by atomic mass is 16.3. The summed E-state index contributed by atoms with van der Waals surface area (Å²) >= 11 is 0. The quantitative estimate of drug-likeness (QED) is 0.0726. The lowest BCUT2D eigenvalue weighted by atomic mass is 9.37. The van der Waals surface area contributed by atoms with Crippen molar-refractivity contribution in [3.63, 3.8) is 0 Å². The van der Waals surface area contributed by atoms with Crippen LogP contribution in [0.5, 0.6) is 5.75 Å². The topological polar surface area (TPSA) is 91.7 Å². The fourth-order valence-corrected chi connectivity index (χ4v) is 7.76. The van der Waals surface area contributed by atoms with Crippen LogP contribution in [0.3, 0.4) is 0 Å². The molecular weight excluding hydrogens is 596 g/mol. The molecule has 48 heavy (non-hydrogen) atoms. The van der Waals surface area contributed by atoms with Gasteiger partial charge in [-0.2, -0.15) is 0 Å². The monoisotopic (exact) mass is 654 g/mol. The van der Waals surface area contributed by atoms with Gasteiger partial charge in [-0.3, -0.25) is 14.4 Å². The summed E-state index contributed by atoms with van der Waals surface area (Å²) in [5.41, 5.74) is 1.60. The Balaban J connectivity index is 2.43. The maximum Gasteiger partial charge on any atom is 0.184 e. The van der Waals surface area contributed by atoms with E-state index in [4.69, 9.17) is 0 Å². The molecule has 0 amide bonds. The average molecular weight is 655 g/mol. The van der Waals surface area contributed by atoms with E-state index in [0.29, 0.717) is 19.3 Å². The zero-order chi connectivity index (χ0) is 36.0. The number of hydrogen-bond donors (Lipinski definition) is 2. The standard InChI is InChI=1S/C43H58O5/c1-28(2)14-11-16-32(9)19-20-34-27-42(24-21-30(5)6)38(46)36(37(45)33-17-12-18-35(44)26-33)39(47)43(40(42)48,25-22-31(7)8)41(34,10)23-13-15-29(3)4/h12,14-15,17-19,21-22,26,34,44-45H,11,13,16,20,23-25,27H2,1-10H3/b32-19+,37-36+/t34-,41+,42+,43+/m1/s1. The fourth-order valence-electron chi connectivity index (χ4n) is 7.76. The molecule has 0 spiro atoms. The van der Waals surface area contributed by atoms with Crippen molar-refractivity contribution in [3.8, 4) is 5.75 Å². The van der Waals surface area contributed by atoms with Gasteiger partial charge in [0.15, 0.2) is 17.3 Å². The molecule has 2 aliphatic carbocycles. The van der Waals surface area contributed by atoms with Crippen LogP contribution in [0.1, 0.15) is 126 Å². The summed E-state index contributed by atoms with van der Waals surface area (Å²) in [6, 6.07) is 5.95. The number of phenols is 1. The van der Waals surface area contributed by atoms with Crippen LogP contribution in [-0.4, -0.2) is 27.6 Å². The number of rotatable bonds is 13. The Morgan fingerprint density at radius 2 is 1.38 bits per heavy atom. The molecule has 3 rings (SSSR count). The van der Waals surface area contributed by atoms with Gasteiger partial charge < -0.3 is 10.2 Å². The number of benzene rings is 1. The second-order valence-electron chi connectivity index (χ2n) is 15.5. The lowest BCUT2D eigenvalue weighted by Gasteiger charge is -2.61. The smallest absolute Gasteiger partial charge is 0.184 e. The molecule has 0 radical (unpaired) electrons. The molecule has 2 N–H and O–H groups in total. The van der Waals surface area contributed by atoms with Gasteiger partial charge in [-0.05, 0) is 137 Å². The Kier molecular flexibility index (Phi) is 12.6. The van der Waals surface area contributed by atoms with Crippen molar-refractivity contribution in [1.29, 1.82) is 0 Å². The van der Waals surface area contributed by atoms with E-state index in [-0.39, 0.29) is 47.8 Å². The maximum absolute atomic E-state index is 15.4. The average Bonchev–Trinajstić information content (AvgIpc) is 2.99. The molecule has 4 atom stereocenters. The summed E-state index contributed by atoms with van der Waals surface area (Å²) < 4.78 is 0. The minimum atomic E-state index is -1.57. The first-order chi connectivity index (χ1) is 22.4.